The Balaban J connectivity index is 2.32. The number of rotatable bonds is 7. The lowest BCUT2D eigenvalue weighted by Crippen LogP contribution is -2.15. The van der Waals surface area contributed by atoms with E-state index in [-0.39, 0.29) is 0 Å². The monoisotopic (exact) mass is 263 g/mol. The van der Waals surface area contributed by atoms with Crippen molar-refractivity contribution in [1.29, 1.82) is 0 Å². The molecule has 0 spiro atoms. The van der Waals surface area contributed by atoms with Crippen molar-refractivity contribution in [2.75, 3.05) is 18.6 Å². The maximum absolute atomic E-state index is 12.9. The molecule has 0 saturated carbocycles. The molecule has 0 bridgehead atoms. The quantitative estimate of drug-likeness (QED) is 0.598. The van der Waals surface area contributed by atoms with Crippen LogP contribution in [0.25, 0.3) is 0 Å². The van der Waals surface area contributed by atoms with Crippen LogP contribution in [0, 0.1) is 17.5 Å². The molecule has 0 aromatic heterocycles. The highest BCUT2D eigenvalue weighted by Gasteiger charge is 2.09. The van der Waals surface area contributed by atoms with Crippen LogP contribution in [0.4, 0.5) is 13.2 Å². The van der Waals surface area contributed by atoms with Crippen LogP contribution in [0.1, 0.15) is 18.4 Å². The molecule has 0 heterocycles. The summed E-state index contributed by atoms with van der Waals surface area (Å²) in [6, 6.07) is 2.04. The van der Waals surface area contributed by atoms with Crippen molar-refractivity contribution in [3.05, 3.63) is 35.1 Å². The van der Waals surface area contributed by atoms with E-state index < -0.39 is 17.5 Å². The summed E-state index contributed by atoms with van der Waals surface area (Å²) in [5, 5.41) is 3.07. The molecule has 5 heteroatoms. The molecule has 0 aliphatic carbocycles. The number of hydrogen-bond donors (Lipinski definition) is 1. The fraction of sp³-hybridized carbons (Fsp3) is 0.500. The molecular weight excluding hydrogens is 247 g/mol. The first-order valence-electron chi connectivity index (χ1n) is 5.48. The number of unbranched alkanes of at least 4 members (excludes halogenated alkanes) is 1. The van der Waals surface area contributed by atoms with Crippen LogP contribution in [-0.4, -0.2) is 18.6 Å². The molecule has 0 aliphatic heterocycles. The van der Waals surface area contributed by atoms with Crippen LogP contribution >= 0.6 is 11.8 Å². The third kappa shape index (κ3) is 5.00. The van der Waals surface area contributed by atoms with Gasteiger partial charge in [0, 0.05) is 6.54 Å². The molecule has 0 fully saturated rings. The Bertz CT molecular complexity index is 335. The van der Waals surface area contributed by atoms with Gasteiger partial charge in [-0.25, -0.2) is 13.2 Å². The maximum Gasteiger partial charge on any atom is 0.194 e. The Morgan fingerprint density at radius 3 is 2.35 bits per heavy atom. The second-order valence-electron chi connectivity index (χ2n) is 3.75. The molecule has 0 amide bonds. The minimum atomic E-state index is -1.41. The normalized spacial score (nSPS) is 10.8. The van der Waals surface area contributed by atoms with Crippen LogP contribution in [0.5, 0.6) is 0 Å². The Labute approximate surface area is 104 Å². The van der Waals surface area contributed by atoms with E-state index in [0.29, 0.717) is 12.1 Å². The molecule has 0 saturated heterocycles. The van der Waals surface area contributed by atoms with E-state index in [9.17, 15) is 13.2 Å². The zero-order valence-corrected chi connectivity index (χ0v) is 10.5. The fourth-order valence-corrected chi connectivity index (χ4v) is 1.93. The SMILES string of the molecule is CSCCCCNCc1cc(F)c(F)c(F)c1. The second kappa shape index (κ2) is 7.61. The lowest BCUT2D eigenvalue weighted by molar-refractivity contribution is 0.444. The van der Waals surface area contributed by atoms with Crippen LogP contribution in [0.2, 0.25) is 0 Å². The Morgan fingerprint density at radius 2 is 1.76 bits per heavy atom. The van der Waals surface area contributed by atoms with E-state index in [1.807, 2.05) is 0 Å². The molecule has 1 aromatic carbocycles. The van der Waals surface area contributed by atoms with E-state index in [1.165, 1.54) is 0 Å². The highest BCUT2D eigenvalue weighted by Crippen LogP contribution is 2.13. The molecule has 0 aliphatic rings. The highest BCUT2D eigenvalue weighted by molar-refractivity contribution is 7.98. The van der Waals surface area contributed by atoms with Gasteiger partial charge in [0.05, 0.1) is 0 Å². The lowest BCUT2D eigenvalue weighted by Gasteiger charge is -2.05. The van der Waals surface area contributed by atoms with E-state index >= 15 is 0 Å². The number of halogens is 3. The topological polar surface area (TPSA) is 12.0 Å². The smallest absolute Gasteiger partial charge is 0.194 e. The molecule has 96 valence electrons. The predicted octanol–water partition coefficient (Wildman–Crippen LogP) is 3.34. The molecule has 0 atom stereocenters. The number of benzene rings is 1. The van der Waals surface area contributed by atoms with Gasteiger partial charge in [0.25, 0.3) is 0 Å². The van der Waals surface area contributed by atoms with Crippen molar-refractivity contribution in [2.45, 2.75) is 19.4 Å². The number of nitrogens with one attached hydrogen (secondary N) is 1. The summed E-state index contributed by atoms with van der Waals surface area (Å²) >= 11 is 1.79. The second-order valence-corrected chi connectivity index (χ2v) is 4.74. The molecule has 1 aromatic rings. The number of thioether (sulfide) groups is 1. The summed E-state index contributed by atoms with van der Waals surface area (Å²) in [5.41, 5.74) is 0.422. The third-order valence-electron chi connectivity index (χ3n) is 2.32. The van der Waals surface area contributed by atoms with Crippen molar-refractivity contribution < 1.29 is 13.2 Å². The first kappa shape index (κ1) is 14.4. The van der Waals surface area contributed by atoms with Gasteiger partial charge in [-0.15, -0.1) is 0 Å². The summed E-state index contributed by atoms with van der Waals surface area (Å²) in [5.74, 6) is -2.57. The van der Waals surface area contributed by atoms with Gasteiger partial charge in [-0.05, 0) is 49.1 Å². The first-order valence-corrected chi connectivity index (χ1v) is 6.87. The van der Waals surface area contributed by atoms with Crippen molar-refractivity contribution >= 4 is 11.8 Å². The molecule has 1 nitrogen and oxygen atoms in total. The van der Waals surface area contributed by atoms with Crippen LogP contribution < -0.4 is 5.32 Å². The minimum absolute atomic E-state index is 0.355. The van der Waals surface area contributed by atoms with E-state index in [4.69, 9.17) is 0 Å². The molecular formula is C12H16F3NS. The summed E-state index contributed by atoms with van der Waals surface area (Å²) in [6.45, 7) is 1.15. The van der Waals surface area contributed by atoms with Gasteiger partial charge in [0.15, 0.2) is 17.5 Å². The van der Waals surface area contributed by atoms with Crippen LogP contribution in [0.3, 0.4) is 0 Å². The zero-order valence-electron chi connectivity index (χ0n) is 9.73. The summed E-state index contributed by atoms with van der Waals surface area (Å²) < 4.78 is 38.4. The van der Waals surface area contributed by atoms with E-state index in [1.54, 1.807) is 11.8 Å². The highest BCUT2D eigenvalue weighted by atomic mass is 32.2. The van der Waals surface area contributed by atoms with Crippen molar-refractivity contribution in [1.82, 2.24) is 5.32 Å². The summed E-state index contributed by atoms with van der Waals surface area (Å²) in [4.78, 5) is 0. The van der Waals surface area contributed by atoms with Gasteiger partial charge >= 0.3 is 0 Å². The van der Waals surface area contributed by atoms with Crippen LogP contribution in [-0.2, 0) is 6.54 Å². The maximum atomic E-state index is 12.9. The summed E-state index contributed by atoms with van der Waals surface area (Å²) in [6.07, 6.45) is 4.19. The van der Waals surface area contributed by atoms with Crippen molar-refractivity contribution in [3.8, 4) is 0 Å². The molecule has 1 N–H and O–H groups in total. The van der Waals surface area contributed by atoms with Crippen molar-refractivity contribution in [3.63, 3.8) is 0 Å². The van der Waals surface area contributed by atoms with Gasteiger partial charge in [-0.3, -0.25) is 0 Å². The van der Waals surface area contributed by atoms with Gasteiger partial charge < -0.3 is 5.32 Å². The van der Waals surface area contributed by atoms with Gasteiger partial charge in [0.2, 0.25) is 0 Å². The number of hydrogen-bond acceptors (Lipinski definition) is 2. The average molecular weight is 263 g/mol. The van der Waals surface area contributed by atoms with Gasteiger partial charge in [-0.1, -0.05) is 0 Å². The Hall–Kier alpha value is -0.680. The predicted molar refractivity (Wildman–Crippen MR) is 65.6 cm³/mol. The van der Waals surface area contributed by atoms with E-state index in [2.05, 4.69) is 11.6 Å². The molecule has 1 rings (SSSR count). The Morgan fingerprint density at radius 1 is 1.12 bits per heavy atom. The standard InChI is InChI=1S/C12H16F3NS/c1-17-5-3-2-4-16-8-9-6-10(13)12(15)11(14)7-9/h6-7,16H,2-5,8H2,1H3. The average Bonchev–Trinajstić information content (AvgIpc) is 2.30. The molecule has 0 radical (unpaired) electrons. The fourth-order valence-electron chi connectivity index (χ4n) is 1.44. The lowest BCUT2D eigenvalue weighted by atomic mass is 10.2. The summed E-state index contributed by atoms with van der Waals surface area (Å²) in [7, 11) is 0. The zero-order chi connectivity index (χ0) is 12.7. The van der Waals surface area contributed by atoms with E-state index in [0.717, 1.165) is 37.3 Å². The Kier molecular flexibility index (Phi) is 6.44. The largest absolute Gasteiger partial charge is 0.313 e. The molecule has 17 heavy (non-hydrogen) atoms. The van der Waals surface area contributed by atoms with Crippen LogP contribution in [0.15, 0.2) is 12.1 Å². The van der Waals surface area contributed by atoms with Gasteiger partial charge in [0.1, 0.15) is 0 Å². The first-order chi connectivity index (χ1) is 8.15. The third-order valence-corrected chi connectivity index (χ3v) is 3.02. The minimum Gasteiger partial charge on any atom is -0.313 e. The van der Waals surface area contributed by atoms with Crippen molar-refractivity contribution in [2.24, 2.45) is 0 Å². The van der Waals surface area contributed by atoms with Gasteiger partial charge in [-0.2, -0.15) is 11.8 Å². The molecule has 0 unspecified atom stereocenters.